The molecule has 0 radical (unpaired) electrons. The van der Waals surface area contributed by atoms with E-state index in [1.54, 1.807) is 6.26 Å². The van der Waals surface area contributed by atoms with Gasteiger partial charge in [-0.2, -0.15) is 0 Å². The molecule has 84 valence electrons. The largest absolute Gasteiger partial charge is 0.473 e. The fourth-order valence-corrected chi connectivity index (χ4v) is 2.15. The maximum Gasteiger partial charge on any atom is 0.204 e. The third-order valence-electron chi connectivity index (χ3n) is 2.97. The van der Waals surface area contributed by atoms with Gasteiger partial charge in [0.1, 0.15) is 0 Å². The third kappa shape index (κ3) is 1.45. The summed E-state index contributed by atoms with van der Waals surface area (Å²) in [5, 5.41) is 1.97. The second kappa shape index (κ2) is 3.77. The topological polar surface area (TPSA) is 62.9 Å². The molecule has 0 aromatic carbocycles. The minimum atomic E-state index is -0.126. The van der Waals surface area contributed by atoms with E-state index in [2.05, 4.69) is 10.4 Å². The molecule has 0 aromatic rings. The number of aliphatic imine (C=N–C) groups is 1. The van der Waals surface area contributed by atoms with Crippen LogP contribution in [0.25, 0.3) is 0 Å². The van der Waals surface area contributed by atoms with Crippen LogP contribution in [0.2, 0.25) is 0 Å². The number of fused-ring (bicyclic) bond motifs is 1. The number of hydrogen-bond donors (Lipinski definition) is 2. The summed E-state index contributed by atoms with van der Waals surface area (Å²) in [6.45, 7) is 0.739. The first-order valence-electron chi connectivity index (χ1n) is 5.36. The number of rotatable bonds is 1. The molecule has 3 unspecified atom stereocenters. The molecule has 0 amide bonds. The molecule has 3 N–H and O–H groups in total. The number of nitrogens with two attached hydrogens (primary N) is 1. The van der Waals surface area contributed by atoms with E-state index in [-0.39, 0.29) is 18.3 Å². The molecule has 0 spiro atoms. The average Bonchev–Trinajstić information content (AvgIpc) is 2.69. The van der Waals surface area contributed by atoms with E-state index < -0.39 is 0 Å². The van der Waals surface area contributed by atoms with Gasteiger partial charge in [0.25, 0.3) is 0 Å². The smallest absolute Gasteiger partial charge is 0.204 e. The van der Waals surface area contributed by atoms with Crippen LogP contribution in [0, 0.1) is 5.92 Å². The summed E-state index contributed by atoms with van der Waals surface area (Å²) in [7, 11) is 0. The monoisotopic (exact) mass is 218 g/mol. The molecule has 0 aliphatic carbocycles. The Balaban J connectivity index is 1.85. The van der Waals surface area contributed by atoms with Crippen LogP contribution in [0.3, 0.4) is 0 Å². The van der Waals surface area contributed by atoms with Gasteiger partial charge in [0.05, 0.1) is 24.9 Å². The molecular formula is C11H14N4O. The summed E-state index contributed by atoms with van der Waals surface area (Å²) < 4.78 is 5.51. The van der Waals surface area contributed by atoms with Gasteiger partial charge in [0, 0.05) is 11.9 Å². The van der Waals surface area contributed by atoms with Crippen molar-refractivity contribution in [2.75, 3.05) is 6.54 Å². The van der Waals surface area contributed by atoms with Crippen LogP contribution in [0.15, 0.2) is 41.3 Å². The molecule has 3 atom stereocenters. The molecule has 1 fully saturated rings. The van der Waals surface area contributed by atoms with Crippen LogP contribution >= 0.6 is 0 Å². The number of hydrazine groups is 1. The van der Waals surface area contributed by atoms with E-state index >= 15 is 0 Å². The highest BCUT2D eigenvalue weighted by atomic mass is 16.5. The number of hydrogen-bond acceptors (Lipinski definition) is 5. The van der Waals surface area contributed by atoms with Crippen molar-refractivity contribution in [2.24, 2.45) is 16.6 Å². The lowest BCUT2D eigenvalue weighted by molar-refractivity contribution is 0.0259. The lowest BCUT2D eigenvalue weighted by atomic mass is 10.0. The van der Waals surface area contributed by atoms with Gasteiger partial charge in [-0.25, -0.2) is 5.43 Å². The van der Waals surface area contributed by atoms with Gasteiger partial charge >= 0.3 is 0 Å². The van der Waals surface area contributed by atoms with Crippen molar-refractivity contribution < 1.29 is 4.74 Å². The Kier molecular flexibility index (Phi) is 2.27. The fourth-order valence-electron chi connectivity index (χ4n) is 2.15. The summed E-state index contributed by atoms with van der Waals surface area (Å²) >= 11 is 0. The third-order valence-corrected chi connectivity index (χ3v) is 2.97. The Morgan fingerprint density at radius 3 is 3.25 bits per heavy atom. The van der Waals surface area contributed by atoms with Gasteiger partial charge in [0.2, 0.25) is 6.23 Å². The van der Waals surface area contributed by atoms with Crippen LogP contribution in [-0.4, -0.2) is 30.2 Å². The first-order valence-corrected chi connectivity index (χ1v) is 5.36. The maximum atomic E-state index is 6.02. The van der Waals surface area contributed by atoms with Crippen molar-refractivity contribution in [3.63, 3.8) is 0 Å². The number of dihydropyridines is 1. The van der Waals surface area contributed by atoms with Crippen LogP contribution in [0.1, 0.15) is 0 Å². The Hall–Kier alpha value is -1.59. The molecule has 3 rings (SSSR count). The molecule has 3 aliphatic heterocycles. The van der Waals surface area contributed by atoms with Gasteiger partial charge in [0.15, 0.2) is 0 Å². The maximum absolute atomic E-state index is 6.02. The highest BCUT2D eigenvalue weighted by Crippen LogP contribution is 2.28. The Morgan fingerprint density at radius 1 is 1.50 bits per heavy atom. The minimum Gasteiger partial charge on any atom is -0.473 e. The molecular weight excluding hydrogens is 204 g/mol. The number of nitrogens with zero attached hydrogens (tertiary/aromatic N) is 2. The van der Waals surface area contributed by atoms with Crippen LogP contribution < -0.4 is 11.2 Å². The Bertz CT molecular complexity index is 399. The van der Waals surface area contributed by atoms with E-state index in [0.29, 0.717) is 0 Å². The Morgan fingerprint density at radius 2 is 2.44 bits per heavy atom. The highest BCUT2D eigenvalue weighted by molar-refractivity contribution is 5.73. The predicted octanol–water partition coefficient (Wildman–Crippen LogP) is 0.102. The zero-order chi connectivity index (χ0) is 11.0. The van der Waals surface area contributed by atoms with E-state index in [9.17, 15) is 0 Å². The molecule has 3 aliphatic rings. The van der Waals surface area contributed by atoms with Gasteiger partial charge in [-0.05, 0) is 18.2 Å². The van der Waals surface area contributed by atoms with Crippen molar-refractivity contribution in [3.8, 4) is 0 Å². The van der Waals surface area contributed by atoms with E-state index in [1.165, 1.54) is 0 Å². The predicted molar refractivity (Wildman–Crippen MR) is 61.0 cm³/mol. The summed E-state index contributed by atoms with van der Waals surface area (Å²) in [6, 6.07) is 0. The molecule has 0 bridgehead atoms. The van der Waals surface area contributed by atoms with Gasteiger partial charge < -0.3 is 10.5 Å². The standard InChI is InChI=1S/C11H14N4O/c12-11-8-7-13-5-4-9(8)15(14-11)10-3-1-2-6-16-10/h1-6,8,10-11,14H,7,12H2. The molecule has 3 heterocycles. The molecule has 16 heavy (non-hydrogen) atoms. The van der Waals surface area contributed by atoms with E-state index in [0.717, 1.165) is 12.2 Å². The number of nitrogens with one attached hydrogen (secondary N) is 1. The first kappa shape index (κ1) is 9.62. The fraction of sp³-hybridized carbons (Fsp3) is 0.364. The van der Waals surface area contributed by atoms with Gasteiger partial charge in [-0.3, -0.25) is 10.0 Å². The van der Waals surface area contributed by atoms with Crippen LogP contribution in [0.5, 0.6) is 0 Å². The molecule has 0 aromatic heterocycles. The van der Waals surface area contributed by atoms with E-state index in [1.807, 2.05) is 35.5 Å². The molecule has 5 heteroatoms. The van der Waals surface area contributed by atoms with Crippen LogP contribution in [0.4, 0.5) is 0 Å². The number of allylic oxidation sites excluding steroid dienone is 3. The average molecular weight is 218 g/mol. The minimum absolute atomic E-state index is 0.0911. The molecule has 5 nitrogen and oxygen atoms in total. The normalized spacial score (nSPS) is 35.9. The SMILES string of the molecule is NC1NN(C2C=CC=CO2)C2=CC=NCC21. The summed E-state index contributed by atoms with van der Waals surface area (Å²) in [4.78, 5) is 4.23. The Labute approximate surface area is 93.9 Å². The molecule has 0 saturated carbocycles. The van der Waals surface area contributed by atoms with Crippen molar-refractivity contribution in [1.29, 1.82) is 0 Å². The number of ether oxygens (including phenoxy) is 1. The van der Waals surface area contributed by atoms with Gasteiger partial charge in [-0.1, -0.05) is 6.08 Å². The van der Waals surface area contributed by atoms with Gasteiger partial charge in [-0.15, -0.1) is 0 Å². The summed E-state index contributed by atoms with van der Waals surface area (Å²) in [5.74, 6) is 0.243. The summed E-state index contributed by atoms with van der Waals surface area (Å²) in [5.41, 5.74) is 10.4. The van der Waals surface area contributed by atoms with Crippen molar-refractivity contribution >= 4 is 6.21 Å². The van der Waals surface area contributed by atoms with Crippen molar-refractivity contribution in [2.45, 2.75) is 12.4 Å². The highest BCUT2D eigenvalue weighted by Gasteiger charge is 2.38. The second-order valence-corrected chi connectivity index (χ2v) is 3.98. The zero-order valence-corrected chi connectivity index (χ0v) is 8.78. The van der Waals surface area contributed by atoms with Crippen molar-refractivity contribution in [1.82, 2.24) is 10.4 Å². The lowest BCUT2D eigenvalue weighted by Gasteiger charge is -2.29. The quantitative estimate of drug-likeness (QED) is 0.655. The first-order chi connectivity index (χ1) is 7.86. The van der Waals surface area contributed by atoms with E-state index in [4.69, 9.17) is 10.5 Å². The van der Waals surface area contributed by atoms with Crippen molar-refractivity contribution in [3.05, 3.63) is 36.3 Å². The molecule has 1 saturated heterocycles. The van der Waals surface area contributed by atoms with Crippen LogP contribution in [-0.2, 0) is 4.74 Å². The second-order valence-electron chi connectivity index (χ2n) is 3.98. The lowest BCUT2D eigenvalue weighted by Crippen LogP contribution is -2.46. The summed E-state index contributed by atoms with van der Waals surface area (Å²) in [6.07, 6.45) is 11.1. The zero-order valence-electron chi connectivity index (χ0n) is 8.78.